The molecule has 2 aromatic carbocycles. The van der Waals surface area contributed by atoms with Crippen LogP contribution in [0.25, 0.3) is 11.0 Å². The van der Waals surface area contributed by atoms with E-state index in [4.69, 9.17) is 13.9 Å². The molecule has 6 nitrogen and oxygen atoms in total. The molecule has 0 saturated heterocycles. The Morgan fingerprint density at radius 1 is 1.12 bits per heavy atom. The van der Waals surface area contributed by atoms with Crippen molar-refractivity contribution in [1.29, 1.82) is 0 Å². The van der Waals surface area contributed by atoms with E-state index < -0.39 is 23.1 Å². The summed E-state index contributed by atoms with van der Waals surface area (Å²) < 4.78 is 15.7. The number of esters is 1. The number of aromatic hydroxyl groups is 1. The summed E-state index contributed by atoms with van der Waals surface area (Å²) in [6.45, 7) is 3.73. The van der Waals surface area contributed by atoms with Crippen molar-refractivity contribution in [1.82, 2.24) is 0 Å². The average molecular weight is 340 g/mol. The fourth-order valence-corrected chi connectivity index (χ4v) is 2.31. The smallest absolute Gasteiger partial charge is 0.383 e. The lowest BCUT2D eigenvalue weighted by molar-refractivity contribution is 0.0723. The molecular formula is C19H16O6. The summed E-state index contributed by atoms with van der Waals surface area (Å²) in [7, 11) is 0. The van der Waals surface area contributed by atoms with E-state index in [1.807, 2.05) is 13.8 Å². The Balaban J connectivity index is 1.99. The van der Waals surface area contributed by atoms with Gasteiger partial charge in [-0.1, -0.05) is 18.2 Å². The van der Waals surface area contributed by atoms with E-state index >= 15 is 0 Å². The minimum absolute atomic E-state index is 0.0520. The maximum absolute atomic E-state index is 12.1. The first-order chi connectivity index (χ1) is 12.0. The summed E-state index contributed by atoms with van der Waals surface area (Å²) >= 11 is 0. The van der Waals surface area contributed by atoms with Gasteiger partial charge in [-0.05, 0) is 38.1 Å². The van der Waals surface area contributed by atoms with E-state index in [2.05, 4.69) is 0 Å². The molecular weight excluding hydrogens is 324 g/mol. The van der Waals surface area contributed by atoms with E-state index in [9.17, 15) is 14.7 Å². The zero-order valence-corrected chi connectivity index (χ0v) is 13.7. The van der Waals surface area contributed by atoms with Crippen LogP contribution in [0.15, 0.2) is 57.7 Å². The van der Waals surface area contributed by atoms with Crippen LogP contribution in [0.1, 0.15) is 24.2 Å². The highest BCUT2D eigenvalue weighted by Crippen LogP contribution is 2.33. The van der Waals surface area contributed by atoms with E-state index in [1.54, 1.807) is 24.3 Å². The third kappa shape index (κ3) is 3.47. The third-order valence-electron chi connectivity index (χ3n) is 3.39. The number of hydrogen-bond acceptors (Lipinski definition) is 6. The first-order valence-electron chi connectivity index (χ1n) is 7.69. The molecule has 3 aromatic rings. The van der Waals surface area contributed by atoms with Crippen molar-refractivity contribution in [2.45, 2.75) is 20.0 Å². The SMILES string of the molecule is CC(C)Oc1ccc2c(O)c(OC(=O)c3ccccc3)c(=O)oc2c1. The molecule has 0 radical (unpaired) electrons. The second-order valence-electron chi connectivity index (χ2n) is 5.65. The van der Waals surface area contributed by atoms with Crippen molar-refractivity contribution >= 4 is 16.9 Å². The Kier molecular flexibility index (Phi) is 4.43. The molecule has 0 unspecified atom stereocenters. The molecule has 0 fully saturated rings. The summed E-state index contributed by atoms with van der Waals surface area (Å²) in [5.41, 5.74) is -0.557. The van der Waals surface area contributed by atoms with E-state index in [0.29, 0.717) is 5.75 Å². The van der Waals surface area contributed by atoms with Gasteiger partial charge in [-0.25, -0.2) is 9.59 Å². The highest BCUT2D eigenvalue weighted by molar-refractivity contribution is 5.93. The lowest BCUT2D eigenvalue weighted by Crippen LogP contribution is -2.14. The fraction of sp³-hybridized carbons (Fsp3) is 0.158. The predicted molar refractivity (Wildman–Crippen MR) is 91.3 cm³/mol. The molecule has 1 N–H and O–H groups in total. The molecule has 0 spiro atoms. The van der Waals surface area contributed by atoms with E-state index in [1.165, 1.54) is 24.3 Å². The van der Waals surface area contributed by atoms with Gasteiger partial charge < -0.3 is 19.0 Å². The number of rotatable bonds is 4. The predicted octanol–water partition coefficient (Wildman–Crippen LogP) is 3.51. The van der Waals surface area contributed by atoms with Gasteiger partial charge in [0.1, 0.15) is 11.3 Å². The van der Waals surface area contributed by atoms with Crippen molar-refractivity contribution in [2.24, 2.45) is 0 Å². The second-order valence-corrected chi connectivity index (χ2v) is 5.65. The summed E-state index contributed by atoms with van der Waals surface area (Å²) in [5.74, 6) is -1.26. The van der Waals surface area contributed by atoms with Gasteiger partial charge in [0.25, 0.3) is 5.75 Å². The molecule has 0 bridgehead atoms. The van der Waals surface area contributed by atoms with Gasteiger partial charge in [0.05, 0.1) is 17.1 Å². The monoisotopic (exact) mass is 340 g/mol. The minimum Gasteiger partial charge on any atom is -0.504 e. The van der Waals surface area contributed by atoms with Crippen LogP contribution in [0.2, 0.25) is 0 Å². The van der Waals surface area contributed by atoms with Gasteiger partial charge in [-0.15, -0.1) is 0 Å². The van der Waals surface area contributed by atoms with Crippen molar-refractivity contribution in [2.75, 3.05) is 0 Å². The number of carbonyl (C=O) groups excluding carboxylic acids is 1. The van der Waals surface area contributed by atoms with Gasteiger partial charge in [-0.3, -0.25) is 0 Å². The standard InChI is InChI=1S/C19H16O6/c1-11(2)23-13-8-9-14-15(10-13)24-19(22)17(16(14)20)25-18(21)12-6-4-3-5-7-12/h3-11,20H,1-2H3. The van der Waals surface area contributed by atoms with Gasteiger partial charge in [0.15, 0.2) is 5.75 Å². The van der Waals surface area contributed by atoms with Crippen LogP contribution in [0.4, 0.5) is 0 Å². The molecule has 0 aliphatic heterocycles. The molecule has 128 valence electrons. The Morgan fingerprint density at radius 2 is 1.84 bits per heavy atom. The Bertz CT molecular complexity index is 972. The number of hydrogen-bond donors (Lipinski definition) is 1. The number of carbonyl (C=O) groups is 1. The fourth-order valence-electron chi connectivity index (χ4n) is 2.31. The molecule has 0 aliphatic carbocycles. The maximum Gasteiger partial charge on any atom is 0.383 e. The number of ether oxygens (including phenoxy) is 2. The van der Waals surface area contributed by atoms with Crippen molar-refractivity contribution in [3.05, 3.63) is 64.5 Å². The van der Waals surface area contributed by atoms with Gasteiger partial charge in [-0.2, -0.15) is 0 Å². The van der Waals surface area contributed by atoms with E-state index in [-0.39, 0.29) is 22.6 Å². The molecule has 0 amide bonds. The lowest BCUT2D eigenvalue weighted by Gasteiger charge is -2.11. The van der Waals surface area contributed by atoms with Gasteiger partial charge in [0.2, 0.25) is 0 Å². The van der Waals surface area contributed by atoms with E-state index in [0.717, 1.165) is 0 Å². The molecule has 25 heavy (non-hydrogen) atoms. The maximum atomic E-state index is 12.1. The Labute approximate surface area is 143 Å². The molecule has 1 aromatic heterocycles. The molecule has 1 heterocycles. The highest BCUT2D eigenvalue weighted by Gasteiger charge is 2.20. The summed E-state index contributed by atoms with van der Waals surface area (Å²) in [6.07, 6.45) is -0.0520. The molecule has 0 saturated carbocycles. The van der Waals surface area contributed by atoms with Crippen LogP contribution < -0.4 is 15.1 Å². The Hall–Kier alpha value is -3.28. The van der Waals surface area contributed by atoms with Crippen molar-refractivity contribution in [3.63, 3.8) is 0 Å². The molecule has 6 heteroatoms. The first kappa shape index (κ1) is 16.6. The summed E-state index contributed by atoms with van der Waals surface area (Å²) in [6, 6.07) is 12.8. The summed E-state index contributed by atoms with van der Waals surface area (Å²) in [4.78, 5) is 24.2. The van der Waals surface area contributed by atoms with Crippen LogP contribution in [0.5, 0.6) is 17.2 Å². The first-order valence-corrected chi connectivity index (χ1v) is 7.69. The minimum atomic E-state index is -0.948. The number of benzene rings is 2. The molecule has 3 rings (SSSR count). The van der Waals surface area contributed by atoms with Crippen LogP contribution >= 0.6 is 0 Å². The lowest BCUT2D eigenvalue weighted by atomic mass is 10.2. The van der Waals surface area contributed by atoms with Gasteiger partial charge in [0, 0.05) is 6.07 Å². The van der Waals surface area contributed by atoms with Crippen LogP contribution in [0.3, 0.4) is 0 Å². The zero-order valence-electron chi connectivity index (χ0n) is 13.7. The average Bonchev–Trinajstić information content (AvgIpc) is 2.58. The van der Waals surface area contributed by atoms with Crippen LogP contribution in [-0.4, -0.2) is 17.2 Å². The van der Waals surface area contributed by atoms with Crippen LogP contribution in [0, 0.1) is 0 Å². The van der Waals surface area contributed by atoms with Crippen molar-refractivity contribution < 1.29 is 23.8 Å². The quantitative estimate of drug-likeness (QED) is 0.578. The zero-order chi connectivity index (χ0) is 18.0. The Morgan fingerprint density at radius 3 is 2.52 bits per heavy atom. The molecule has 0 atom stereocenters. The van der Waals surface area contributed by atoms with Crippen molar-refractivity contribution in [3.8, 4) is 17.2 Å². The molecule has 0 aliphatic rings. The highest BCUT2D eigenvalue weighted by atomic mass is 16.6. The third-order valence-corrected chi connectivity index (χ3v) is 3.39. The topological polar surface area (TPSA) is 86.0 Å². The number of fused-ring (bicyclic) bond motifs is 1. The van der Waals surface area contributed by atoms with Gasteiger partial charge >= 0.3 is 11.6 Å². The van der Waals surface area contributed by atoms with Crippen LogP contribution in [-0.2, 0) is 0 Å². The largest absolute Gasteiger partial charge is 0.504 e. The normalized spacial score (nSPS) is 10.8. The summed E-state index contributed by atoms with van der Waals surface area (Å²) in [5, 5.41) is 10.6. The second kappa shape index (κ2) is 6.68.